The van der Waals surface area contributed by atoms with E-state index in [0.29, 0.717) is 11.5 Å². The number of rotatable bonds is 4. The number of piperidine rings is 1. The molecule has 3 N–H and O–H groups in total. The van der Waals surface area contributed by atoms with Crippen LogP contribution in [-0.4, -0.2) is 48.3 Å². The van der Waals surface area contributed by atoms with Crippen LogP contribution < -0.4 is 15.4 Å². The van der Waals surface area contributed by atoms with Crippen molar-refractivity contribution in [1.29, 1.82) is 0 Å². The summed E-state index contributed by atoms with van der Waals surface area (Å²) >= 11 is 0. The lowest BCUT2D eigenvalue weighted by atomic mass is 10.1. The number of hydrogen-bond acceptors (Lipinski definition) is 7. The molecule has 2 aromatic rings. The van der Waals surface area contributed by atoms with E-state index in [0.717, 1.165) is 37.1 Å². The molecule has 0 spiro atoms. The average molecular weight is 336 g/mol. The number of aromatic nitrogens is 3. The fourth-order valence-corrected chi connectivity index (χ4v) is 3.65. The molecule has 1 aliphatic heterocycles. The van der Waals surface area contributed by atoms with Crippen molar-refractivity contribution < 1.29 is 8.42 Å². The Morgan fingerprint density at radius 3 is 2.74 bits per heavy atom. The Hall–Kier alpha value is -2.00. The fourth-order valence-electron chi connectivity index (χ4n) is 2.74. The molecule has 0 unspecified atom stereocenters. The zero-order chi connectivity index (χ0) is 16.4. The Balaban J connectivity index is 1.76. The molecule has 0 atom stereocenters. The standard InChI is InChI=1S/C14H20N6O2S/c1-2-23(21,22)19-10-5-7-20(8-6-10)14-11-3-4-12(15)18-13(11)16-9-17-14/h3-4,9-10,19H,2,5-8H2,1H3,(H2,15,16,17,18). The minimum atomic E-state index is -3.16. The SMILES string of the molecule is CCS(=O)(=O)NC1CCN(c2ncnc3nc(N)ccc23)CC1. The van der Waals surface area contributed by atoms with E-state index in [4.69, 9.17) is 5.73 Å². The van der Waals surface area contributed by atoms with Crippen LogP contribution in [0, 0.1) is 0 Å². The lowest BCUT2D eigenvalue weighted by Gasteiger charge is -2.33. The molecule has 0 aromatic carbocycles. The summed E-state index contributed by atoms with van der Waals surface area (Å²) in [5.41, 5.74) is 6.27. The van der Waals surface area contributed by atoms with Gasteiger partial charge in [0.15, 0.2) is 5.65 Å². The number of sulfonamides is 1. The molecule has 1 aliphatic rings. The second-order valence-electron chi connectivity index (χ2n) is 5.59. The van der Waals surface area contributed by atoms with Crippen molar-refractivity contribution in [3.63, 3.8) is 0 Å². The maximum Gasteiger partial charge on any atom is 0.211 e. The van der Waals surface area contributed by atoms with Gasteiger partial charge in [0.05, 0.1) is 11.1 Å². The van der Waals surface area contributed by atoms with Crippen LogP contribution in [0.3, 0.4) is 0 Å². The summed E-state index contributed by atoms with van der Waals surface area (Å²) in [5, 5.41) is 0.856. The largest absolute Gasteiger partial charge is 0.384 e. The van der Waals surface area contributed by atoms with Gasteiger partial charge < -0.3 is 10.6 Å². The highest BCUT2D eigenvalue weighted by Gasteiger charge is 2.24. The number of fused-ring (bicyclic) bond motifs is 1. The van der Waals surface area contributed by atoms with Crippen LogP contribution in [-0.2, 0) is 10.0 Å². The summed E-state index contributed by atoms with van der Waals surface area (Å²) in [6, 6.07) is 3.59. The Bertz CT molecular complexity index is 802. The summed E-state index contributed by atoms with van der Waals surface area (Å²) in [6.45, 7) is 3.10. The minimum absolute atomic E-state index is 0.0157. The molecule has 0 aliphatic carbocycles. The summed E-state index contributed by atoms with van der Waals surface area (Å²) in [4.78, 5) is 14.9. The Morgan fingerprint density at radius 2 is 2.04 bits per heavy atom. The van der Waals surface area contributed by atoms with Crippen molar-refractivity contribution in [2.45, 2.75) is 25.8 Å². The molecule has 0 saturated carbocycles. The summed E-state index contributed by atoms with van der Waals surface area (Å²) in [5.74, 6) is 1.35. The molecule has 3 heterocycles. The number of anilines is 2. The Morgan fingerprint density at radius 1 is 1.30 bits per heavy atom. The molecule has 0 amide bonds. The highest BCUT2D eigenvalue weighted by Crippen LogP contribution is 2.25. The fraction of sp³-hybridized carbons (Fsp3) is 0.500. The van der Waals surface area contributed by atoms with Crippen molar-refractivity contribution in [2.75, 3.05) is 29.5 Å². The third-order valence-electron chi connectivity index (χ3n) is 4.02. The van der Waals surface area contributed by atoms with Crippen molar-refractivity contribution in [3.05, 3.63) is 18.5 Å². The van der Waals surface area contributed by atoms with E-state index < -0.39 is 10.0 Å². The Labute approximate surface area is 135 Å². The number of nitrogens with one attached hydrogen (secondary N) is 1. The molecular formula is C14H20N6O2S. The molecule has 0 radical (unpaired) electrons. The van der Waals surface area contributed by atoms with Crippen LogP contribution in [0.15, 0.2) is 18.5 Å². The molecule has 0 bridgehead atoms. The summed E-state index contributed by atoms with van der Waals surface area (Å²) in [6.07, 6.45) is 2.97. The topological polar surface area (TPSA) is 114 Å². The smallest absolute Gasteiger partial charge is 0.211 e. The molecule has 9 heteroatoms. The van der Waals surface area contributed by atoms with Crippen LogP contribution in [0.5, 0.6) is 0 Å². The van der Waals surface area contributed by atoms with Gasteiger partial charge in [-0.1, -0.05) is 0 Å². The summed E-state index contributed by atoms with van der Waals surface area (Å²) in [7, 11) is -3.16. The maximum atomic E-state index is 11.7. The number of nitrogens with zero attached hydrogens (tertiary/aromatic N) is 4. The summed E-state index contributed by atoms with van der Waals surface area (Å²) < 4.78 is 26.1. The molecule has 8 nitrogen and oxygen atoms in total. The zero-order valence-electron chi connectivity index (χ0n) is 12.9. The molecule has 3 rings (SSSR count). The van der Waals surface area contributed by atoms with Gasteiger partial charge in [-0.05, 0) is 31.9 Å². The lowest BCUT2D eigenvalue weighted by molar-refractivity contribution is 0.459. The first-order valence-corrected chi connectivity index (χ1v) is 9.26. The first-order valence-electron chi connectivity index (χ1n) is 7.60. The van der Waals surface area contributed by atoms with Gasteiger partial charge in [0, 0.05) is 19.1 Å². The van der Waals surface area contributed by atoms with Gasteiger partial charge >= 0.3 is 0 Å². The van der Waals surface area contributed by atoms with Crippen LogP contribution >= 0.6 is 0 Å². The van der Waals surface area contributed by atoms with E-state index in [-0.39, 0.29) is 11.8 Å². The highest BCUT2D eigenvalue weighted by molar-refractivity contribution is 7.89. The Kier molecular flexibility index (Phi) is 4.31. The molecule has 124 valence electrons. The van der Waals surface area contributed by atoms with Gasteiger partial charge in [-0.2, -0.15) is 0 Å². The van der Waals surface area contributed by atoms with Crippen molar-refractivity contribution >= 4 is 32.7 Å². The van der Waals surface area contributed by atoms with Gasteiger partial charge in [0.1, 0.15) is 18.0 Å². The predicted molar refractivity (Wildman–Crippen MR) is 89.6 cm³/mol. The van der Waals surface area contributed by atoms with E-state index in [1.807, 2.05) is 6.07 Å². The second kappa shape index (κ2) is 6.25. The van der Waals surface area contributed by atoms with E-state index in [9.17, 15) is 8.42 Å². The molecule has 1 saturated heterocycles. The van der Waals surface area contributed by atoms with E-state index in [1.54, 1.807) is 13.0 Å². The van der Waals surface area contributed by atoms with Gasteiger partial charge in [-0.15, -0.1) is 0 Å². The van der Waals surface area contributed by atoms with E-state index in [1.165, 1.54) is 6.33 Å². The van der Waals surface area contributed by atoms with Crippen molar-refractivity contribution in [3.8, 4) is 0 Å². The second-order valence-corrected chi connectivity index (χ2v) is 7.63. The quantitative estimate of drug-likeness (QED) is 0.836. The van der Waals surface area contributed by atoms with Crippen molar-refractivity contribution in [1.82, 2.24) is 19.7 Å². The van der Waals surface area contributed by atoms with Gasteiger partial charge in [-0.25, -0.2) is 28.1 Å². The zero-order valence-corrected chi connectivity index (χ0v) is 13.8. The van der Waals surface area contributed by atoms with E-state index >= 15 is 0 Å². The van der Waals surface area contributed by atoms with Crippen LogP contribution in [0.25, 0.3) is 11.0 Å². The highest BCUT2D eigenvalue weighted by atomic mass is 32.2. The van der Waals surface area contributed by atoms with Crippen molar-refractivity contribution in [2.24, 2.45) is 0 Å². The van der Waals surface area contributed by atoms with Crippen LogP contribution in [0.1, 0.15) is 19.8 Å². The van der Waals surface area contributed by atoms with E-state index in [2.05, 4.69) is 24.6 Å². The average Bonchev–Trinajstić information content (AvgIpc) is 2.54. The van der Waals surface area contributed by atoms with Crippen LogP contribution in [0.2, 0.25) is 0 Å². The predicted octanol–water partition coefficient (Wildman–Crippen LogP) is 0.515. The van der Waals surface area contributed by atoms with Gasteiger partial charge in [0.25, 0.3) is 0 Å². The monoisotopic (exact) mass is 336 g/mol. The third kappa shape index (κ3) is 3.50. The maximum absolute atomic E-state index is 11.7. The molecule has 1 fully saturated rings. The number of nitrogens with two attached hydrogens (primary N) is 1. The minimum Gasteiger partial charge on any atom is -0.384 e. The molecular weight excluding hydrogens is 316 g/mol. The number of nitrogen functional groups attached to an aromatic ring is 1. The van der Waals surface area contributed by atoms with Crippen LogP contribution in [0.4, 0.5) is 11.6 Å². The molecule has 23 heavy (non-hydrogen) atoms. The van der Waals surface area contributed by atoms with Gasteiger partial charge in [-0.3, -0.25) is 0 Å². The number of hydrogen-bond donors (Lipinski definition) is 2. The third-order valence-corrected chi connectivity index (χ3v) is 5.47. The molecule has 2 aromatic heterocycles. The normalized spacial score (nSPS) is 16.8. The number of pyridine rings is 1. The lowest BCUT2D eigenvalue weighted by Crippen LogP contribution is -2.45. The van der Waals surface area contributed by atoms with Gasteiger partial charge in [0.2, 0.25) is 10.0 Å². The first kappa shape index (κ1) is 15.9. The first-order chi connectivity index (χ1) is 11.0.